The number of carbonyl (C=O) groups excluding carboxylic acids is 2. The van der Waals surface area contributed by atoms with Crippen LogP contribution in [0.2, 0.25) is 0 Å². The van der Waals surface area contributed by atoms with Gasteiger partial charge in [-0.15, -0.1) is 0 Å². The van der Waals surface area contributed by atoms with E-state index in [1.807, 2.05) is 42.2 Å². The Hall–Kier alpha value is -3.39. The number of benzene rings is 1. The van der Waals surface area contributed by atoms with Crippen molar-refractivity contribution in [2.24, 2.45) is 0 Å². The van der Waals surface area contributed by atoms with Crippen LogP contribution < -0.4 is 14.8 Å². The van der Waals surface area contributed by atoms with Gasteiger partial charge in [0, 0.05) is 43.9 Å². The zero-order valence-corrected chi connectivity index (χ0v) is 20.4. The van der Waals surface area contributed by atoms with Crippen molar-refractivity contribution in [2.45, 2.75) is 39.0 Å². The number of likely N-dealkylation sites (tertiary alicyclic amines) is 1. The number of hydrogen-bond donors (Lipinski definition) is 1. The summed E-state index contributed by atoms with van der Waals surface area (Å²) in [6.07, 6.45) is 5.88. The minimum absolute atomic E-state index is 0.0247. The van der Waals surface area contributed by atoms with Crippen molar-refractivity contribution in [3.8, 4) is 11.5 Å². The molecule has 2 aliphatic rings. The number of carbonyl (C=O) groups is 2. The highest BCUT2D eigenvalue weighted by Crippen LogP contribution is 2.33. The Labute approximate surface area is 206 Å². The van der Waals surface area contributed by atoms with Gasteiger partial charge in [-0.05, 0) is 62.1 Å². The summed E-state index contributed by atoms with van der Waals surface area (Å²) >= 11 is 0. The van der Waals surface area contributed by atoms with Gasteiger partial charge in [-0.2, -0.15) is 0 Å². The molecule has 2 aliphatic heterocycles. The Morgan fingerprint density at radius 3 is 2.74 bits per heavy atom. The number of hydrogen-bond acceptors (Lipinski definition) is 6. The fourth-order valence-corrected chi connectivity index (χ4v) is 4.32. The number of aromatic nitrogens is 1. The molecular formula is C27H33N3O5. The van der Waals surface area contributed by atoms with Crippen molar-refractivity contribution < 1.29 is 23.8 Å². The number of rotatable bonds is 9. The number of pyridine rings is 1. The van der Waals surface area contributed by atoms with Crippen LogP contribution in [0, 0.1) is 6.92 Å². The summed E-state index contributed by atoms with van der Waals surface area (Å²) < 4.78 is 16.2. The summed E-state index contributed by atoms with van der Waals surface area (Å²) in [5.74, 6) is 1.40. The van der Waals surface area contributed by atoms with Gasteiger partial charge in [0.2, 0.25) is 12.7 Å². The normalized spacial score (nSPS) is 15.5. The predicted octanol–water partition coefficient (Wildman–Crippen LogP) is 3.69. The van der Waals surface area contributed by atoms with Crippen molar-refractivity contribution in [3.05, 3.63) is 58.9 Å². The van der Waals surface area contributed by atoms with Crippen LogP contribution in [0.25, 0.3) is 6.08 Å². The molecule has 0 unspecified atom stereocenters. The van der Waals surface area contributed by atoms with Crippen LogP contribution in [-0.2, 0) is 9.53 Å². The molecular weight excluding hydrogens is 446 g/mol. The first-order valence-corrected chi connectivity index (χ1v) is 12.2. The first-order valence-electron chi connectivity index (χ1n) is 12.2. The van der Waals surface area contributed by atoms with Gasteiger partial charge in [0.15, 0.2) is 11.5 Å². The molecule has 8 heteroatoms. The first-order chi connectivity index (χ1) is 17.0. The number of aryl methyl sites for hydroxylation is 1. The molecule has 4 rings (SSSR count). The highest BCUT2D eigenvalue weighted by atomic mass is 16.7. The summed E-state index contributed by atoms with van der Waals surface area (Å²) in [6, 6.07) is 9.33. The minimum Gasteiger partial charge on any atom is -0.454 e. The highest BCUT2D eigenvalue weighted by molar-refractivity contribution is 5.95. The number of fused-ring (bicyclic) bond motifs is 1. The highest BCUT2D eigenvalue weighted by Gasteiger charge is 2.27. The van der Waals surface area contributed by atoms with Gasteiger partial charge in [-0.3, -0.25) is 14.6 Å². The van der Waals surface area contributed by atoms with E-state index in [0.29, 0.717) is 44.2 Å². The molecule has 1 N–H and O–H groups in total. The molecule has 35 heavy (non-hydrogen) atoms. The zero-order valence-electron chi connectivity index (χ0n) is 20.4. The van der Waals surface area contributed by atoms with E-state index in [1.165, 1.54) is 0 Å². The second-order valence-corrected chi connectivity index (χ2v) is 8.80. The largest absolute Gasteiger partial charge is 0.454 e. The molecule has 0 spiro atoms. The second kappa shape index (κ2) is 11.8. The monoisotopic (exact) mass is 479 g/mol. The average Bonchev–Trinajstić information content (AvgIpc) is 3.35. The molecule has 186 valence electrons. The predicted molar refractivity (Wildman–Crippen MR) is 133 cm³/mol. The van der Waals surface area contributed by atoms with Crippen LogP contribution in [0.3, 0.4) is 0 Å². The molecule has 1 saturated heterocycles. The fourth-order valence-electron chi connectivity index (χ4n) is 4.32. The third-order valence-corrected chi connectivity index (χ3v) is 6.20. The maximum Gasteiger partial charge on any atom is 0.253 e. The van der Waals surface area contributed by atoms with Crippen molar-refractivity contribution in [3.63, 3.8) is 0 Å². The molecule has 0 atom stereocenters. The third-order valence-electron chi connectivity index (χ3n) is 6.20. The van der Waals surface area contributed by atoms with Gasteiger partial charge in [-0.1, -0.05) is 13.0 Å². The lowest BCUT2D eigenvalue weighted by Gasteiger charge is -2.32. The summed E-state index contributed by atoms with van der Waals surface area (Å²) in [5.41, 5.74) is 3.20. The van der Waals surface area contributed by atoms with E-state index < -0.39 is 0 Å². The summed E-state index contributed by atoms with van der Waals surface area (Å²) in [7, 11) is 0. The van der Waals surface area contributed by atoms with Gasteiger partial charge in [0.05, 0.1) is 17.9 Å². The van der Waals surface area contributed by atoms with Crippen molar-refractivity contribution in [1.82, 2.24) is 15.2 Å². The maximum atomic E-state index is 12.8. The van der Waals surface area contributed by atoms with Gasteiger partial charge in [0.25, 0.3) is 5.91 Å². The van der Waals surface area contributed by atoms with Crippen LogP contribution in [0.15, 0.2) is 36.4 Å². The van der Waals surface area contributed by atoms with E-state index in [-0.39, 0.29) is 24.5 Å². The Kier molecular flexibility index (Phi) is 8.36. The molecule has 2 amide bonds. The number of piperidine rings is 1. The second-order valence-electron chi connectivity index (χ2n) is 8.80. The summed E-state index contributed by atoms with van der Waals surface area (Å²) in [6.45, 7) is 7.11. The molecule has 3 heterocycles. The lowest BCUT2D eigenvalue weighted by Crippen LogP contribution is -2.37. The molecule has 1 aromatic carbocycles. The van der Waals surface area contributed by atoms with Gasteiger partial charge in [-0.25, -0.2) is 0 Å². The zero-order chi connectivity index (χ0) is 24.6. The van der Waals surface area contributed by atoms with E-state index in [1.54, 1.807) is 12.2 Å². The fraction of sp³-hybridized carbons (Fsp3) is 0.444. The first kappa shape index (κ1) is 24.7. The molecule has 1 aromatic heterocycles. The van der Waals surface area contributed by atoms with Crippen molar-refractivity contribution in [1.29, 1.82) is 0 Å². The van der Waals surface area contributed by atoms with Crippen LogP contribution in [0.5, 0.6) is 11.5 Å². The number of ether oxygens (including phenoxy) is 3. The van der Waals surface area contributed by atoms with E-state index in [9.17, 15) is 9.59 Å². The Morgan fingerprint density at radius 2 is 1.94 bits per heavy atom. The van der Waals surface area contributed by atoms with E-state index >= 15 is 0 Å². The van der Waals surface area contributed by atoms with E-state index in [4.69, 9.17) is 19.2 Å². The Balaban J connectivity index is 1.33. The van der Waals surface area contributed by atoms with E-state index in [2.05, 4.69) is 12.2 Å². The molecule has 0 saturated carbocycles. The molecule has 8 nitrogen and oxygen atoms in total. The van der Waals surface area contributed by atoms with Gasteiger partial charge < -0.3 is 24.4 Å². The van der Waals surface area contributed by atoms with Crippen LogP contribution >= 0.6 is 0 Å². The lowest BCUT2D eigenvalue weighted by molar-refractivity contribution is -0.127. The SMILES string of the molecule is CCCOCCNC(=O)c1ccc(C)nc1C1CCN(C(=O)C=Cc2ccc3c(c2)OCO3)CC1. The lowest BCUT2D eigenvalue weighted by atomic mass is 9.89. The maximum absolute atomic E-state index is 12.8. The van der Waals surface area contributed by atoms with Crippen molar-refractivity contribution >= 4 is 17.9 Å². The van der Waals surface area contributed by atoms with Crippen LogP contribution in [-0.4, -0.2) is 61.3 Å². The molecule has 0 bridgehead atoms. The average molecular weight is 480 g/mol. The summed E-state index contributed by atoms with van der Waals surface area (Å²) in [4.78, 5) is 32.1. The standard InChI is InChI=1S/C27H33N3O5/c1-3-15-33-16-12-28-27(32)22-7-4-19(2)29-26(22)21-10-13-30(14-11-21)25(31)9-6-20-5-8-23-24(17-20)35-18-34-23/h4-9,17,21H,3,10-16,18H2,1-2H3,(H,28,32). The number of nitrogens with zero attached hydrogens (tertiary/aromatic N) is 2. The smallest absolute Gasteiger partial charge is 0.253 e. The van der Waals surface area contributed by atoms with E-state index in [0.717, 1.165) is 42.0 Å². The number of nitrogens with one attached hydrogen (secondary N) is 1. The molecule has 1 fully saturated rings. The molecule has 0 aliphatic carbocycles. The quantitative estimate of drug-likeness (QED) is 0.436. The Morgan fingerprint density at radius 1 is 1.14 bits per heavy atom. The topological polar surface area (TPSA) is 90.0 Å². The van der Waals surface area contributed by atoms with Crippen LogP contribution in [0.4, 0.5) is 0 Å². The van der Waals surface area contributed by atoms with Gasteiger partial charge in [0.1, 0.15) is 0 Å². The minimum atomic E-state index is -0.127. The third kappa shape index (κ3) is 6.39. The summed E-state index contributed by atoms with van der Waals surface area (Å²) in [5, 5.41) is 2.94. The molecule has 2 aromatic rings. The molecule has 0 radical (unpaired) electrons. The van der Waals surface area contributed by atoms with Crippen LogP contribution in [0.1, 0.15) is 59.4 Å². The van der Waals surface area contributed by atoms with Gasteiger partial charge >= 0.3 is 0 Å². The number of amides is 2. The van der Waals surface area contributed by atoms with Crippen molar-refractivity contribution in [2.75, 3.05) is 39.6 Å². The Bertz CT molecular complexity index is 1080.